The van der Waals surface area contributed by atoms with E-state index in [0.717, 1.165) is 6.21 Å². The van der Waals surface area contributed by atoms with Crippen molar-refractivity contribution in [1.29, 1.82) is 0 Å². The number of rotatable bonds is 5. The van der Waals surface area contributed by atoms with Gasteiger partial charge in [-0.2, -0.15) is 5.10 Å². The fourth-order valence-corrected chi connectivity index (χ4v) is 2.87. The summed E-state index contributed by atoms with van der Waals surface area (Å²) >= 11 is 0. The average Bonchev–Trinajstić information content (AvgIpc) is 2.79. The number of nitro groups is 1. The maximum atomic E-state index is 12.7. The van der Waals surface area contributed by atoms with Crippen molar-refractivity contribution in [3.8, 4) is 0 Å². The van der Waals surface area contributed by atoms with E-state index in [1.165, 1.54) is 24.3 Å². The Morgan fingerprint density at radius 2 is 1.71 bits per heavy atom. The minimum absolute atomic E-state index is 0.162. The molecule has 0 saturated carbocycles. The smallest absolute Gasteiger partial charge is 0.329 e. The first kappa shape index (κ1) is 21.6. The van der Waals surface area contributed by atoms with Gasteiger partial charge in [-0.1, -0.05) is 24.3 Å². The molecule has 31 heavy (non-hydrogen) atoms. The van der Waals surface area contributed by atoms with Crippen molar-refractivity contribution in [2.45, 2.75) is 0 Å². The first-order valence-corrected chi connectivity index (χ1v) is 9.31. The number of para-hydroxylation sites is 2. The average molecular weight is 425 g/mol. The lowest BCUT2D eigenvalue weighted by Crippen LogP contribution is -2.41. The third-order valence-electron chi connectivity index (χ3n) is 4.41. The van der Waals surface area contributed by atoms with Gasteiger partial charge in [-0.05, 0) is 18.2 Å². The number of nitro benzene ring substituents is 1. The van der Waals surface area contributed by atoms with Gasteiger partial charge in [-0.25, -0.2) is 5.43 Å². The molecule has 1 saturated heterocycles. The van der Waals surface area contributed by atoms with Gasteiger partial charge in [0.2, 0.25) is 0 Å². The molecule has 0 radical (unpaired) electrons. The van der Waals surface area contributed by atoms with Crippen LogP contribution in [0.3, 0.4) is 0 Å². The standard InChI is InChI=1S/C20H19N5O6/c26-18(19(27)23-21-13-14-5-1-4-8-17(14)25(29)30)22-16-7-3-2-6-15(16)20(28)24-9-11-31-12-10-24/h1-8,13H,9-12H2,(H,22,26)(H,23,27)/b21-13-. The minimum Gasteiger partial charge on any atom is -0.378 e. The first-order chi connectivity index (χ1) is 15.0. The number of amides is 3. The highest BCUT2D eigenvalue weighted by molar-refractivity contribution is 6.40. The summed E-state index contributed by atoms with van der Waals surface area (Å²) in [6.07, 6.45) is 1.07. The Morgan fingerprint density at radius 1 is 1.03 bits per heavy atom. The maximum Gasteiger partial charge on any atom is 0.329 e. The summed E-state index contributed by atoms with van der Waals surface area (Å²) in [6.45, 7) is 1.73. The van der Waals surface area contributed by atoms with Crippen molar-refractivity contribution in [2.75, 3.05) is 31.6 Å². The molecule has 1 fully saturated rings. The SMILES string of the molecule is O=C(N/N=C\c1ccccc1[N+](=O)[O-])C(=O)Nc1ccccc1C(=O)N1CCOCC1. The van der Waals surface area contributed by atoms with E-state index in [0.29, 0.717) is 26.3 Å². The largest absolute Gasteiger partial charge is 0.378 e. The van der Waals surface area contributed by atoms with Crippen LogP contribution in [0.5, 0.6) is 0 Å². The number of benzene rings is 2. The molecule has 0 unspecified atom stereocenters. The highest BCUT2D eigenvalue weighted by Gasteiger charge is 2.23. The summed E-state index contributed by atoms with van der Waals surface area (Å²) in [5.74, 6) is -2.42. The molecule has 0 spiro atoms. The number of hydrazone groups is 1. The second-order valence-electron chi connectivity index (χ2n) is 6.42. The normalized spacial score (nSPS) is 13.6. The Balaban J connectivity index is 1.65. The minimum atomic E-state index is -1.09. The molecule has 2 aromatic carbocycles. The molecule has 0 aromatic heterocycles. The summed E-state index contributed by atoms with van der Waals surface area (Å²) in [5, 5.41) is 17.0. The monoisotopic (exact) mass is 425 g/mol. The van der Waals surface area contributed by atoms with Crippen molar-refractivity contribution in [3.63, 3.8) is 0 Å². The summed E-state index contributed by atoms with van der Waals surface area (Å²) in [4.78, 5) is 49.0. The number of morpholine rings is 1. The van der Waals surface area contributed by atoms with Crippen LogP contribution in [-0.2, 0) is 14.3 Å². The van der Waals surface area contributed by atoms with E-state index in [-0.39, 0.29) is 28.4 Å². The van der Waals surface area contributed by atoms with E-state index in [4.69, 9.17) is 4.74 Å². The van der Waals surface area contributed by atoms with Crippen LogP contribution >= 0.6 is 0 Å². The second kappa shape index (κ2) is 10.1. The fourth-order valence-electron chi connectivity index (χ4n) is 2.87. The zero-order chi connectivity index (χ0) is 22.2. The van der Waals surface area contributed by atoms with Gasteiger partial charge in [0.25, 0.3) is 11.6 Å². The third-order valence-corrected chi connectivity index (χ3v) is 4.41. The van der Waals surface area contributed by atoms with Gasteiger partial charge in [0, 0.05) is 19.2 Å². The topological polar surface area (TPSA) is 143 Å². The van der Waals surface area contributed by atoms with Crippen LogP contribution in [0.1, 0.15) is 15.9 Å². The van der Waals surface area contributed by atoms with E-state index >= 15 is 0 Å². The Bertz CT molecular complexity index is 1030. The predicted octanol–water partition coefficient (Wildman–Crippen LogP) is 1.16. The molecule has 0 atom stereocenters. The molecule has 3 amide bonds. The first-order valence-electron chi connectivity index (χ1n) is 9.31. The molecule has 2 N–H and O–H groups in total. The number of hydrogen-bond donors (Lipinski definition) is 2. The number of nitrogens with zero attached hydrogens (tertiary/aromatic N) is 3. The number of carbonyl (C=O) groups is 3. The highest BCUT2D eigenvalue weighted by Crippen LogP contribution is 2.18. The van der Waals surface area contributed by atoms with Crippen molar-refractivity contribution in [1.82, 2.24) is 10.3 Å². The zero-order valence-corrected chi connectivity index (χ0v) is 16.3. The van der Waals surface area contributed by atoms with Gasteiger partial charge >= 0.3 is 11.8 Å². The number of hydrogen-bond acceptors (Lipinski definition) is 7. The molecular weight excluding hydrogens is 406 g/mol. The van der Waals surface area contributed by atoms with Crippen LogP contribution in [0.4, 0.5) is 11.4 Å². The Morgan fingerprint density at radius 3 is 2.45 bits per heavy atom. The summed E-state index contributed by atoms with van der Waals surface area (Å²) < 4.78 is 5.23. The number of anilines is 1. The van der Waals surface area contributed by atoms with Gasteiger partial charge in [-0.15, -0.1) is 0 Å². The van der Waals surface area contributed by atoms with Crippen molar-refractivity contribution in [2.24, 2.45) is 5.10 Å². The van der Waals surface area contributed by atoms with Gasteiger partial charge in [-0.3, -0.25) is 24.5 Å². The van der Waals surface area contributed by atoms with Crippen LogP contribution in [0.15, 0.2) is 53.6 Å². The van der Waals surface area contributed by atoms with Gasteiger partial charge in [0.1, 0.15) is 0 Å². The van der Waals surface area contributed by atoms with Gasteiger partial charge < -0.3 is 15.0 Å². The predicted molar refractivity (Wildman–Crippen MR) is 111 cm³/mol. The van der Waals surface area contributed by atoms with E-state index < -0.39 is 16.7 Å². The number of ether oxygens (including phenoxy) is 1. The van der Waals surface area contributed by atoms with Crippen molar-refractivity contribution < 1.29 is 24.0 Å². The summed E-state index contributed by atoms with van der Waals surface area (Å²) in [6, 6.07) is 12.1. The number of nitrogens with one attached hydrogen (secondary N) is 2. The Kier molecular flexibility index (Phi) is 7.01. The lowest BCUT2D eigenvalue weighted by molar-refractivity contribution is -0.385. The summed E-state index contributed by atoms with van der Waals surface area (Å²) in [5.41, 5.74) is 2.41. The van der Waals surface area contributed by atoms with Crippen molar-refractivity contribution >= 4 is 35.3 Å². The van der Waals surface area contributed by atoms with Crippen LogP contribution in [0.25, 0.3) is 0 Å². The van der Waals surface area contributed by atoms with Crippen LogP contribution in [0.2, 0.25) is 0 Å². The van der Waals surface area contributed by atoms with Crippen LogP contribution in [0, 0.1) is 10.1 Å². The fraction of sp³-hybridized carbons (Fsp3) is 0.200. The molecule has 2 aromatic rings. The molecule has 11 heteroatoms. The Labute approximate surface area is 176 Å². The van der Waals surface area contributed by atoms with E-state index in [1.54, 1.807) is 29.2 Å². The Hall–Kier alpha value is -4.12. The van der Waals surface area contributed by atoms with E-state index in [1.807, 2.05) is 5.43 Å². The molecule has 3 rings (SSSR count). The van der Waals surface area contributed by atoms with Crippen LogP contribution in [-0.4, -0.2) is 60.1 Å². The number of carbonyl (C=O) groups excluding carboxylic acids is 3. The molecule has 1 aliphatic heterocycles. The summed E-state index contributed by atoms with van der Waals surface area (Å²) in [7, 11) is 0. The highest BCUT2D eigenvalue weighted by atomic mass is 16.6. The lowest BCUT2D eigenvalue weighted by Gasteiger charge is -2.27. The van der Waals surface area contributed by atoms with E-state index in [2.05, 4.69) is 10.4 Å². The molecule has 1 aliphatic rings. The lowest BCUT2D eigenvalue weighted by atomic mass is 10.1. The third kappa shape index (κ3) is 5.48. The van der Waals surface area contributed by atoms with E-state index in [9.17, 15) is 24.5 Å². The quantitative estimate of drug-likeness (QED) is 0.318. The zero-order valence-electron chi connectivity index (χ0n) is 16.3. The molecule has 0 bridgehead atoms. The second-order valence-corrected chi connectivity index (χ2v) is 6.42. The molecule has 160 valence electrons. The molecule has 0 aliphatic carbocycles. The van der Waals surface area contributed by atoms with Crippen LogP contribution < -0.4 is 10.7 Å². The van der Waals surface area contributed by atoms with Gasteiger partial charge in [0.05, 0.1) is 41.2 Å². The molecule has 11 nitrogen and oxygen atoms in total. The molecule has 1 heterocycles. The maximum absolute atomic E-state index is 12.7. The molecular formula is C20H19N5O6. The van der Waals surface area contributed by atoms with Gasteiger partial charge in [0.15, 0.2) is 0 Å². The van der Waals surface area contributed by atoms with Crippen molar-refractivity contribution in [3.05, 3.63) is 69.8 Å².